The quantitative estimate of drug-likeness (QED) is 0.0757. The summed E-state index contributed by atoms with van der Waals surface area (Å²) in [5.41, 5.74) is 0. The molecule has 224 valence electrons. The Morgan fingerprint density at radius 3 is 0.378 bits per heavy atom. The van der Waals surface area contributed by atoms with Crippen LogP contribution in [0.5, 0.6) is 0 Å². The summed E-state index contributed by atoms with van der Waals surface area (Å²) in [4.78, 5) is 0. The van der Waals surface area contributed by atoms with Crippen molar-refractivity contribution in [2.24, 2.45) is 0 Å². The third-order valence-corrected chi connectivity index (χ3v) is 5.24. The van der Waals surface area contributed by atoms with Crippen LogP contribution in [0.2, 0.25) is 0 Å². The van der Waals surface area contributed by atoms with E-state index in [1.165, 1.54) is 0 Å². The van der Waals surface area contributed by atoms with E-state index in [-0.39, 0.29) is 59.1 Å². The first-order valence-corrected chi connectivity index (χ1v) is 16.1. The van der Waals surface area contributed by atoms with Crippen molar-refractivity contribution in [3.05, 3.63) is 0 Å². The fraction of sp³-hybridized carbons (Fsp3) is 1.00. The summed E-state index contributed by atoms with van der Waals surface area (Å²) >= 11 is 0. The van der Waals surface area contributed by atoms with Crippen LogP contribution in [0.15, 0.2) is 0 Å². The van der Waals surface area contributed by atoms with Crippen LogP contribution in [0.4, 0.5) is 0 Å². The SMILES string of the molecule is O=S(=O)(O)CCO.O=S(=O)(O)CCO.O=S(=O)(O)CCO.O=S(=O)(O)CCO.O=S(=O)(O)CCO.[NaH].[NaH]. The van der Waals surface area contributed by atoms with Gasteiger partial charge in [0.2, 0.25) is 0 Å². The van der Waals surface area contributed by atoms with Crippen LogP contribution in [0.25, 0.3) is 0 Å². The topological polar surface area (TPSA) is 373 Å². The third kappa shape index (κ3) is 102. The van der Waals surface area contributed by atoms with Gasteiger partial charge in [-0.05, 0) is 0 Å². The van der Waals surface area contributed by atoms with Crippen LogP contribution in [-0.2, 0) is 50.6 Å². The van der Waals surface area contributed by atoms with Crippen molar-refractivity contribution in [1.29, 1.82) is 0 Å². The van der Waals surface area contributed by atoms with E-state index in [4.69, 9.17) is 48.3 Å². The molecule has 10 N–H and O–H groups in total. The fourth-order valence-corrected chi connectivity index (χ4v) is 1.73. The van der Waals surface area contributed by atoms with Gasteiger partial charge in [-0.3, -0.25) is 22.8 Å². The molecule has 0 aromatic rings. The Hall–Kier alpha value is 1.35. The number of hydrogen-bond acceptors (Lipinski definition) is 15. The van der Waals surface area contributed by atoms with Gasteiger partial charge in [0.25, 0.3) is 50.6 Å². The molecule has 0 aromatic carbocycles. The maximum absolute atomic E-state index is 9.63. The van der Waals surface area contributed by atoms with E-state index in [0.29, 0.717) is 0 Å². The van der Waals surface area contributed by atoms with E-state index in [2.05, 4.69) is 0 Å². The zero-order valence-electron chi connectivity index (χ0n) is 17.7. The molecule has 0 fully saturated rings. The third-order valence-electron chi connectivity index (χ3n) is 1.75. The summed E-state index contributed by atoms with van der Waals surface area (Å²) in [6.45, 7) is -2.64. The minimum absolute atomic E-state index is 0. The van der Waals surface area contributed by atoms with E-state index < -0.39 is 112 Å². The molecular formula is C10H32Na2O20S5. The van der Waals surface area contributed by atoms with Crippen LogP contribution in [0, 0.1) is 0 Å². The van der Waals surface area contributed by atoms with Crippen molar-refractivity contribution in [1.82, 2.24) is 0 Å². The van der Waals surface area contributed by atoms with Crippen LogP contribution < -0.4 is 0 Å². The molecular weight excluding hydrogens is 646 g/mol. The van der Waals surface area contributed by atoms with Crippen molar-refractivity contribution in [3.8, 4) is 0 Å². The average molecular weight is 679 g/mol. The van der Waals surface area contributed by atoms with Crippen LogP contribution in [0.1, 0.15) is 0 Å². The molecule has 0 amide bonds. The van der Waals surface area contributed by atoms with Crippen molar-refractivity contribution < 1.29 is 90.4 Å². The molecule has 0 saturated heterocycles. The summed E-state index contributed by atoms with van der Waals surface area (Å²) in [7, 11) is -19.6. The average Bonchev–Trinajstić information content (AvgIpc) is 2.51. The molecule has 0 bridgehead atoms. The van der Waals surface area contributed by atoms with E-state index in [9.17, 15) is 42.1 Å². The zero-order chi connectivity index (χ0) is 29.6. The van der Waals surface area contributed by atoms with Gasteiger partial charge >= 0.3 is 59.1 Å². The van der Waals surface area contributed by atoms with Crippen molar-refractivity contribution >= 4 is 110 Å². The van der Waals surface area contributed by atoms with Gasteiger partial charge < -0.3 is 25.5 Å². The van der Waals surface area contributed by atoms with Gasteiger partial charge in [0.1, 0.15) is 0 Å². The first-order chi connectivity index (χ1) is 15.3. The fourth-order valence-electron chi connectivity index (χ4n) is 0.577. The molecule has 0 spiro atoms. The predicted molar refractivity (Wildman–Crippen MR) is 132 cm³/mol. The van der Waals surface area contributed by atoms with Gasteiger partial charge in [0, 0.05) is 0 Å². The molecule has 0 heterocycles. The van der Waals surface area contributed by atoms with Crippen LogP contribution in [0.3, 0.4) is 0 Å². The Morgan fingerprint density at radius 2 is 0.378 bits per heavy atom. The second-order valence-corrected chi connectivity index (χ2v) is 12.9. The van der Waals surface area contributed by atoms with Crippen LogP contribution in [-0.4, -0.2) is 211 Å². The van der Waals surface area contributed by atoms with Gasteiger partial charge in [0.05, 0.1) is 61.8 Å². The van der Waals surface area contributed by atoms with Gasteiger partial charge in [-0.2, -0.15) is 42.1 Å². The molecule has 0 aliphatic heterocycles. The number of rotatable bonds is 10. The van der Waals surface area contributed by atoms with Crippen molar-refractivity contribution in [2.75, 3.05) is 61.8 Å². The molecule has 0 aliphatic carbocycles. The number of aliphatic hydroxyl groups is 5. The van der Waals surface area contributed by atoms with Gasteiger partial charge in [0.15, 0.2) is 0 Å². The minimum atomic E-state index is -3.92. The maximum atomic E-state index is 9.63. The molecule has 0 rings (SSSR count). The molecule has 20 nitrogen and oxygen atoms in total. The summed E-state index contributed by atoms with van der Waals surface area (Å²) in [6, 6.07) is 0. The Labute approximate surface area is 259 Å². The molecule has 0 saturated carbocycles. The second-order valence-electron chi connectivity index (χ2n) is 5.05. The van der Waals surface area contributed by atoms with Gasteiger partial charge in [-0.15, -0.1) is 0 Å². The normalized spacial score (nSPS) is 11.1. The molecule has 0 aromatic heterocycles. The first-order valence-electron chi connectivity index (χ1n) is 8.10. The summed E-state index contributed by atoms with van der Waals surface area (Å²) in [6.07, 6.45) is 0. The molecule has 0 unspecified atom stereocenters. The van der Waals surface area contributed by atoms with Gasteiger partial charge in [-0.1, -0.05) is 0 Å². The standard InChI is InChI=1S/5C2H6O4S.2Na.2H/c5*3-1-2-7(4,5)6;;;;/h5*3H,1-2H2,(H,4,5,6);;;;. The number of aliphatic hydroxyl groups excluding tert-OH is 5. The number of hydrogen-bond donors (Lipinski definition) is 10. The zero-order valence-corrected chi connectivity index (χ0v) is 21.7. The molecule has 0 radical (unpaired) electrons. The second kappa shape index (κ2) is 28.9. The Kier molecular flexibility index (Phi) is 42.5. The summed E-state index contributed by atoms with van der Waals surface area (Å²) in [5.74, 6) is -2.88. The molecule has 27 heteroatoms. The van der Waals surface area contributed by atoms with Crippen molar-refractivity contribution in [3.63, 3.8) is 0 Å². The summed E-state index contributed by atoms with van der Waals surface area (Å²) in [5, 5.41) is 39.3. The first kappa shape index (κ1) is 54.4. The predicted octanol–water partition coefficient (Wildman–Crippen LogP) is -6.96. The van der Waals surface area contributed by atoms with E-state index >= 15 is 0 Å². The van der Waals surface area contributed by atoms with E-state index in [1.54, 1.807) is 0 Å². The Balaban J connectivity index is -0.0000000600. The van der Waals surface area contributed by atoms with E-state index in [0.717, 1.165) is 0 Å². The van der Waals surface area contributed by atoms with Crippen molar-refractivity contribution in [2.45, 2.75) is 0 Å². The summed E-state index contributed by atoms with van der Waals surface area (Å²) < 4.78 is 135. The molecule has 0 aliphatic rings. The van der Waals surface area contributed by atoms with Crippen LogP contribution >= 0.6 is 0 Å². The Bertz CT molecular complexity index is 822. The van der Waals surface area contributed by atoms with E-state index in [1.807, 2.05) is 0 Å². The monoisotopic (exact) mass is 678 g/mol. The Morgan fingerprint density at radius 1 is 0.297 bits per heavy atom. The molecule has 37 heavy (non-hydrogen) atoms. The molecule has 0 atom stereocenters. The van der Waals surface area contributed by atoms with Gasteiger partial charge in [-0.25, -0.2) is 0 Å².